The molecular formula is C26H29F2N7O. The van der Waals surface area contributed by atoms with E-state index in [1.807, 2.05) is 13.8 Å². The Morgan fingerprint density at radius 1 is 1.14 bits per heavy atom. The fourth-order valence-electron chi connectivity index (χ4n) is 6.21. The molecule has 1 amide bonds. The molecule has 4 aliphatic rings. The molecule has 2 aromatic heterocycles. The number of hydrogen-bond donors (Lipinski definition) is 0. The quantitative estimate of drug-likeness (QED) is 0.643. The lowest BCUT2D eigenvalue weighted by atomic mass is 9.66. The van der Waals surface area contributed by atoms with Gasteiger partial charge >= 0.3 is 0 Å². The van der Waals surface area contributed by atoms with Crippen molar-refractivity contribution in [1.29, 1.82) is 5.26 Å². The van der Waals surface area contributed by atoms with E-state index in [0.717, 1.165) is 43.0 Å². The summed E-state index contributed by atoms with van der Waals surface area (Å²) in [5.41, 5.74) is -0.0280. The van der Waals surface area contributed by atoms with Gasteiger partial charge in [0.25, 0.3) is 5.92 Å². The molecule has 2 aliphatic carbocycles. The number of halogens is 2. The molecule has 0 radical (unpaired) electrons. The summed E-state index contributed by atoms with van der Waals surface area (Å²) in [5, 5.41) is 9.37. The third-order valence-corrected chi connectivity index (χ3v) is 8.76. The molecule has 3 fully saturated rings. The molecule has 3 atom stereocenters. The average molecular weight is 494 g/mol. The van der Waals surface area contributed by atoms with Gasteiger partial charge in [0.15, 0.2) is 0 Å². The smallest absolute Gasteiger partial charge is 0.263 e. The molecule has 8 nitrogen and oxygen atoms in total. The normalized spacial score (nSPS) is 29.5. The first-order valence-electron chi connectivity index (χ1n) is 12.5. The van der Waals surface area contributed by atoms with E-state index in [4.69, 9.17) is 4.98 Å². The number of amides is 1. The first-order valence-corrected chi connectivity index (χ1v) is 12.5. The van der Waals surface area contributed by atoms with Crippen molar-refractivity contribution < 1.29 is 13.6 Å². The molecular weight excluding hydrogens is 464 g/mol. The zero-order chi connectivity index (χ0) is 25.5. The van der Waals surface area contributed by atoms with E-state index in [2.05, 4.69) is 25.8 Å². The zero-order valence-corrected chi connectivity index (χ0v) is 20.7. The van der Waals surface area contributed by atoms with Crippen LogP contribution >= 0.6 is 0 Å². The molecule has 6 rings (SSSR count). The number of aromatic nitrogens is 3. The highest BCUT2D eigenvalue weighted by atomic mass is 19.3. The Morgan fingerprint density at radius 3 is 2.50 bits per heavy atom. The van der Waals surface area contributed by atoms with Crippen molar-refractivity contribution in [2.45, 2.75) is 69.9 Å². The van der Waals surface area contributed by atoms with Crippen LogP contribution < -0.4 is 9.80 Å². The van der Waals surface area contributed by atoms with Crippen LogP contribution in [0.2, 0.25) is 0 Å². The minimum absolute atomic E-state index is 0.0876. The van der Waals surface area contributed by atoms with Crippen molar-refractivity contribution in [2.24, 2.45) is 5.41 Å². The number of nitrogens with zero attached hydrogens (tertiary/aromatic N) is 7. The molecule has 1 saturated heterocycles. The number of fused-ring (bicyclic) bond motifs is 2. The molecule has 0 aromatic carbocycles. The van der Waals surface area contributed by atoms with Crippen molar-refractivity contribution in [1.82, 2.24) is 19.9 Å². The van der Waals surface area contributed by atoms with Gasteiger partial charge in [-0.25, -0.2) is 23.7 Å². The summed E-state index contributed by atoms with van der Waals surface area (Å²) >= 11 is 0. The van der Waals surface area contributed by atoms with Crippen molar-refractivity contribution in [3.63, 3.8) is 0 Å². The summed E-state index contributed by atoms with van der Waals surface area (Å²) in [5.74, 6) is -1.02. The first kappa shape index (κ1) is 23.1. The fraction of sp³-hybridized carbons (Fsp3) is 0.577. The van der Waals surface area contributed by atoms with Crippen LogP contribution in [0.4, 0.5) is 26.2 Å². The topological polar surface area (TPSA) is 89.2 Å². The van der Waals surface area contributed by atoms with Crippen molar-refractivity contribution in [3.8, 4) is 6.07 Å². The van der Waals surface area contributed by atoms with Crippen LogP contribution in [0.5, 0.6) is 0 Å². The van der Waals surface area contributed by atoms with Gasteiger partial charge in [0.2, 0.25) is 5.91 Å². The van der Waals surface area contributed by atoms with Gasteiger partial charge in [0, 0.05) is 55.3 Å². The molecule has 2 aromatic rings. The number of carbonyl (C=O) groups is 1. The maximum Gasteiger partial charge on any atom is 0.263 e. The number of carbonyl (C=O) groups excluding carboxylic acids is 1. The highest BCUT2D eigenvalue weighted by Gasteiger charge is 2.73. The fourth-order valence-corrected chi connectivity index (χ4v) is 6.21. The number of anilines is 3. The van der Waals surface area contributed by atoms with Crippen LogP contribution in [0.1, 0.15) is 57.6 Å². The van der Waals surface area contributed by atoms with Crippen LogP contribution in [0.3, 0.4) is 0 Å². The minimum Gasteiger partial charge on any atom is -0.350 e. The third-order valence-electron chi connectivity index (χ3n) is 8.76. The average Bonchev–Trinajstić information content (AvgIpc) is 3.19. The number of piperazine rings is 1. The van der Waals surface area contributed by atoms with E-state index in [9.17, 15) is 18.8 Å². The van der Waals surface area contributed by atoms with Gasteiger partial charge in [0.1, 0.15) is 29.2 Å². The standard InChI is InChI=1S/C26H29F2N7O/c1-16-12-34(23(36)24(3)13-26(24,27)28)17(2)11-33(16)21-20-22(32-15-31-21)35(14-25(20)6-4-7-25)19-9-18(10-29)5-8-30-19/h5,8-9,15-17H,4,6-7,11-14H2,1-3H3/t16-,17+,24?/m0/s1. The van der Waals surface area contributed by atoms with Gasteiger partial charge in [-0.3, -0.25) is 4.79 Å². The van der Waals surface area contributed by atoms with Crippen LogP contribution in [-0.2, 0) is 10.2 Å². The summed E-state index contributed by atoms with van der Waals surface area (Å²) in [6.45, 7) is 6.92. The van der Waals surface area contributed by atoms with Crippen LogP contribution in [0, 0.1) is 16.7 Å². The zero-order valence-electron chi connectivity index (χ0n) is 20.7. The Morgan fingerprint density at radius 2 is 1.86 bits per heavy atom. The SMILES string of the molecule is C[C@@H]1CN(c2ncnc3c2C2(CCC2)CN3c2cc(C#N)ccn2)[C@@H](C)CN1C(=O)C1(C)CC1(F)F. The van der Waals surface area contributed by atoms with Crippen molar-refractivity contribution in [3.05, 3.63) is 35.8 Å². The van der Waals surface area contributed by atoms with E-state index < -0.39 is 17.2 Å². The first-order chi connectivity index (χ1) is 17.1. The lowest BCUT2D eigenvalue weighted by Gasteiger charge is -2.47. The summed E-state index contributed by atoms with van der Waals surface area (Å²) < 4.78 is 27.9. The van der Waals surface area contributed by atoms with E-state index in [0.29, 0.717) is 24.5 Å². The maximum atomic E-state index is 14.0. The third kappa shape index (κ3) is 3.14. The van der Waals surface area contributed by atoms with E-state index >= 15 is 0 Å². The van der Waals surface area contributed by atoms with Crippen LogP contribution in [0.25, 0.3) is 0 Å². The van der Waals surface area contributed by atoms with Gasteiger partial charge < -0.3 is 14.7 Å². The van der Waals surface area contributed by atoms with E-state index in [1.165, 1.54) is 6.92 Å². The summed E-state index contributed by atoms with van der Waals surface area (Å²) in [6, 6.07) is 5.34. The Kier molecular flexibility index (Phi) is 4.86. The van der Waals surface area contributed by atoms with Gasteiger partial charge in [-0.2, -0.15) is 5.26 Å². The number of rotatable bonds is 3. The minimum atomic E-state index is -2.92. The molecule has 1 spiro atoms. The van der Waals surface area contributed by atoms with Crippen molar-refractivity contribution in [2.75, 3.05) is 29.4 Å². The predicted octanol–water partition coefficient (Wildman–Crippen LogP) is 3.79. The Balaban J connectivity index is 1.34. The molecule has 1 unspecified atom stereocenters. The van der Waals surface area contributed by atoms with Crippen molar-refractivity contribution >= 4 is 23.4 Å². The Labute approximate surface area is 208 Å². The van der Waals surface area contributed by atoms with Crippen LogP contribution in [0.15, 0.2) is 24.7 Å². The lowest BCUT2D eigenvalue weighted by molar-refractivity contribution is -0.143. The van der Waals surface area contributed by atoms with Gasteiger partial charge in [0.05, 0.1) is 11.6 Å². The van der Waals surface area contributed by atoms with Gasteiger partial charge in [-0.05, 0) is 45.7 Å². The number of alkyl halides is 2. The molecule has 2 aliphatic heterocycles. The molecule has 4 heterocycles. The number of pyridine rings is 1. The Bertz CT molecular complexity index is 1290. The molecule has 0 bridgehead atoms. The monoisotopic (exact) mass is 493 g/mol. The second kappa shape index (κ2) is 7.58. The van der Waals surface area contributed by atoms with Gasteiger partial charge in [-0.1, -0.05) is 6.42 Å². The lowest BCUT2D eigenvalue weighted by Crippen LogP contribution is -2.60. The highest BCUT2D eigenvalue weighted by Crippen LogP contribution is 2.61. The maximum absolute atomic E-state index is 14.0. The van der Waals surface area contributed by atoms with Gasteiger partial charge in [-0.15, -0.1) is 0 Å². The second-order valence-corrected chi connectivity index (χ2v) is 11.2. The second-order valence-electron chi connectivity index (χ2n) is 11.2. The summed E-state index contributed by atoms with van der Waals surface area (Å²) in [7, 11) is 0. The number of hydrogen-bond acceptors (Lipinski definition) is 7. The summed E-state index contributed by atoms with van der Waals surface area (Å²) in [6.07, 6.45) is 5.99. The summed E-state index contributed by atoms with van der Waals surface area (Å²) in [4.78, 5) is 32.9. The van der Waals surface area contributed by atoms with E-state index in [-0.39, 0.29) is 23.9 Å². The van der Waals surface area contributed by atoms with E-state index in [1.54, 1.807) is 29.6 Å². The molecule has 10 heteroatoms. The molecule has 188 valence electrons. The molecule has 2 saturated carbocycles. The largest absolute Gasteiger partial charge is 0.350 e. The Hall–Kier alpha value is -3.35. The molecule has 36 heavy (non-hydrogen) atoms. The molecule has 0 N–H and O–H groups in total. The number of nitriles is 1. The van der Waals surface area contributed by atoms with Crippen LogP contribution in [-0.4, -0.2) is 63.4 Å². The highest BCUT2D eigenvalue weighted by molar-refractivity contribution is 5.87. The predicted molar refractivity (Wildman–Crippen MR) is 129 cm³/mol.